The summed E-state index contributed by atoms with van der Waals surface area (Å²) in [6.07, 6.45) is 0.685. The van der Waals surface area contributed by atoms with E-state index in [4.69, 9.17) is 10.00 Å². The van der Waals surface area contributed by atoms with Gasteiger partial charge in [-0.25, -0.2) is 0 Å². The lowest BCUT2D eigenvalue weighted by atomic mass is 9.86. The van der Waals surface area contributed by atoms with E-state index in [0.29, 0.717) is 6.61 Å². The Morgan fingerprint density at radius 1 is 1.60 bits per heavy atom. The Labute approximate surface area is 90.9 Å². The van der Waals surface area contributed by atoms with Crippen LogP contribution in [0.25, 0.3) is 0 Å². The standard InChI is InChI=1S/C11H19NO3/c1-4-5-6-15-10(14)7-9(13)11(2,3)8-12/h9,13H,4-7H2,1-3H3/t9-/m1/s1. The van der Waals surface area contributed by atoms with Gasteiger partial charge in [0.1, 0.15) is 0 Å². The molecule has 0 aromatic carbocycles. The Kier molecular flexibility index (Phi) is 5.95. The highest BCUT2D eigenvalue weighted by Crippen LogP contribution is 2.21. The minimum absolute atomic E-state index is 0.121. The average molecular weight is 213 g/mol. The summed E-state index contributed by atoms with van der Waals surface area (Å²) in [5.74, 6) is -0.445. The number of carbonyl (C=O) groups is 1. The summed E-state index contributed by atoms with van der Waals surface area (Å²) < 4.78 is 4.88. The van der Waals surface area contributed by atoms with Crippen LogP contribution in [0, 0.1) is 16.7 Å². The number of ether oxygens (including phenoxy) is 1. The van der Waals surface area contributed by atoms with Gasteiger partial charge >= 0.3 is 5.97 Å². The number of hydrogen-bond acceptors (Lipinski definition) is 4. The molecule has 0 saturated heterocycles. The Balaban J connectivity index is 3.92. The lowest BCUT2D eigenvalue weighted by Gasteiger charge is -2.21. The molecule has 0 spiro atoms. The zero-order chi connectivity index (χ0) is 11.9. The highest BCUT2D eigenvalue weighted by molar-refractivity contribution is 5.70. The smallest absolute Gasteiger partial charge is 0.308 e. The van der Waals surface area contributed by atoms with Gasteiger partial charge in [-0.15, -0.1) is 0 Å². The Bertz CT molecular complexity index is 243. The molecule has 86 valence electrons. The van der Waals surface area contributed by atoms with E-state index in [0.717, 1.165) is 12.8 Å². The molecule has 4 nitrogen and oxygen atoms in total. The normalized spacial score (nSPS) is 13.0. The van der Waals surface area contributed by atoms with E-state index in [-0.39, 0.29) is 6.42 Å². The van der Waals surface area contributed by atoms with Crippen LogP contribution in [-0.4, -0.2) is 23.8 Å². The van der Waals surface area contributed by atoms with Crippen molar-refractivity contribution < 1.29 is 14.6 Å². The molecular formula is C11H19NO3. The summed E-state index contributed by atoms with van der Waals surface area (Å²) in [4.78, 5) is 11.2. The van der Waals surface area contributed by atoms with Crippen molar-refractivity contribution >= 4 is 5.97 Å². The number of aliphatic hydroxyl groups excluding tert-OH is 1. The summed E-state index contributed by atoms with van der Waals surface area (Å²) in [7, 11) is 0. The second kappa shape index (κ2) is 6.41. The van der Waals surface area contributed by atoms with Crippen molar-refractivity contribution in [1.82, 2.24) is 0 Å². The molecule has 1 atom stereocenters. The number of unbranched alkanes of at least 4 members (excludes halogenated alkanes) is 1. The van der Waals surface area contributed by atoms with Crippen molar-refractivity contribution in [3.05, 3.63) is 0 Å². The van der Waals surface area contributed by atoms with Crippen LogP contribution in [0.1, 0.15) is 40.0 Å². The molecule has 1 N–H and O–H groups in total. The van der Waals surface area contributed by atoms with Gasteiger partial charge in [0.05, 0.1) is 30.6 Å². The van der Waals surface area contributed by atoms with Gasteiger partial charge in [0.2, 0.25) is 0 Å². The van der Waals surface area contributed by atoms with Gasteiger partial charge in [0.25, 0.3) is 0 Å². The second-order valence-electron chi connectivity index (χ2n) is 4.13. The highest BCUT2D eigenvalue weighted by atomic mass is 16.5. The number of nitriles is 1. The van der Waals surface area contributed by atoms with E-state index in [1.807, 2.05) is 13.0 Å². The molecule has 4 heteroatoms. The van der Waals surface area contributed by atoms with E-state index < -0.39 is 17.5 Å². The Morgan fingerprint density at radius 2 is 2.20 bits per heavy atom. The summed E-state index contributed by atoms with van der Waals surface area (Å²) in [5, 5.41) is 18.3. The van der Waals surface area contributed by atoms with Gasteiger partial charge in [-0.2, -0.15) is 5.26 Å². The minimum Gasteiger partial charge on any atom is -0.466 e. The fourth-order valence-corrected chi connectivity index (χ4v) is 0.877. The quantitative estimate of drug-likeness (QED) is 0.537. The molecule has 15 heavy (non-hydrogen) atoms. The van der Waals surface area contributed by atoms with Gasteiger partial charge in [-0.1, -0.05) is 13.3 Å². The Morgan fingerprint density at radius 3 is 2.67 bits per heavy atom. The van der Waals surface area contributed by atoms with Crippen LogP contribution in [0.5, 0.6) is 0 Å². The van der Waals surface area contributed by atoms with Crippen molar-refractivity contribution in [3.63, 3.8) is 0 Å². The molecular weight excluding hydrogens is 194 g/mol. The van der Waals surface area contributed by atoms with E-state index in [1.165, 1.54) is 0 Å². The third-order valence-electron chi connectivity index (χ3n) is 2.24. The summed E-state index contributed by atoms with van der Waals surface area (Å²) in [6, 6.07) is 1.96. The zero-order valence-electron chi connectivity index (χ0n) is 9.62. The van der Waals surface area contributed by atoms with Crippen molar-refractivity contribution in [2.75, 3.05) is 6.61 Å². The fourth-order valence-electron chi connectivity index (χ4n) is 0.877. The van der Waals surface area contributed by atoms with Crippen molar-refractivity contribution in [2.45, 2.75) is 46.1 Å². The van der Waals surface area contributed by atoms with E-state index in [9.17, 15) is 9.90 Å². The lowest BCUT2D eigenvalue weighted by molar-refractivity contribution is -0.147. The predicted octanol–water partition coefficient (Wildman–Crippen LogP) is 1.63. The third kappa shape index (κ3) is 5.38. The first-order valence-electron chi connectivity index (χ1n) is 5.19. The van der Waals surface area contributed by atoms with Crippen molar-refractivity contribution in [3.8, 4) is 6.07 Å². The van der Waals surface area contributed by atoms with Crippen LogP contribution in [0.3, 0.4) is 0 Å². The second-order valence-corrected chi connectivity index (χ2v) is 4.13. The number of esters is 1. The van der Waals surface area contributed by atoms with Crippen molar-refractivity contribution in [2.24, 2.45) is 5.41 Å². The van der Waals surface area contributed by atoms with Crippen LogP contribution in [0.4, 0.5) is 0 Å². The number of carbonyl (C=O) groups excluding carboxylic acids is 1. The predicted molar refractivity (Wildman–Crippen MR) is 55.9 cm³/mol. The first-order valence-corrected chi connectivity index (χ1v) is 5.19. The molecule has 0 amide bonds. The molecule has 0 saturated carbocycles. The Hall–Kier alpha value is -1.08. The highest BCUT2D eigenvalue weighted by Gasteiger charge is 2.29. The van der Waals surface area contributed by atoms with Crippen LogP contribution in [0.2, 0.25) is 0 Å². The molecule has 0 rings (SSSR count). The molecule has 0 aromatic rings. The van der Waals surface area contributed by atoms with Gasteiger partial charge < -0.3 is 9.84 Å². The van der Waals surface area contributed by atoms with E-state index in [1.54, 1.807) is 13.8 Å². The van der Waals surface area contributed by atoms with Crippen LogP contribution in [0.15, 0.2) is 0 Å². The first-order chi connectivity index (χ1) is 6.94. The first kappa shape index (κ1) is 13.9. The van der Waals surface area contributed by atoms with Crippen LogP contribution in [-0.2, 0) is 9.53 Å². The molecule has 0 unspecified atom stereocenters. The van der Waals surface area contributed by atoms with Gasteiger partial charge in [0.15, 0.2) is 0 Å². The molecule has 0 bridgehead atoms. The maximum atomic E-state index is 11.2. The maximum Gasteiger partial charge on any atom is 0.308 e. The van der Waals surface area contributed by atoms with Gasteiger partial charge in [-0.05, 0) is 20.3 Å². The molecule has 0 aromatic heterocycles. The minimum atomic E-state index is -0.975. The molecule has 0 aliphatic rings. The van der Waals surface area contributed by atoms with Crippen molar-refractivity contribution in [1.29, 1.82) is 5.26 Å². The lowest BCUT2D eigenvalue weighted by Crippen LogP contribution is -2.30. The number of rotatable bonds is 6. The largest absolute Gasteiger partial charge is 0.466 e. The van der Waals surface area contributed by atoms with Crippen LogP contribution >= 0.6 is 0 Å². The molecule has 0 heterocycles. The number of aliphatic hydroxyl groups is 1. The topological polar surface area (TPSA) is 70.3 Å². The molecule has 0 radical (unpaired) electrons. The fraction of sp³-hybridized carbons (Fsp3) is 0.818. The number of hydrogen-bond donors (Lipinski definition) is 1. The SMILES string of the molecule is CCCCOC(=O)C[C@@H](O)C(C)(C)C#N. The van der Waals surface area contributed by atoms with E-state index in [2.05, 4.69) is 0 Å². The molecule has 0 fully saturated rings. The number of nitrogens with zero attached hydrogens (tertiary/aromatic N) is 1. The van der Waals surface area contributed by atoms with Gasteiger partial charge in [0, 0.05) is 0 Å². The molecule has 0 aliphatic carbocycles. The van der Waals surface area contributed by atoms with E-state index >= 15 is 0 Å². The zero-order valence-corrected chi connectivity index (χ0v) is 9.62. The third-order valence-corrected chi connectivity index (χ3v) is 2.24. The monoisotopic (exact) mass is 213 g/mol. The maximum absolute atomic E-state index is 11.2. The summed E-state index contributed by atoms with van der Waals surface area (Å²) in [6.45, 7) is 5.57. The van der Waals surface area contributed by atoms with Crippen LogP contribution < -0.4 is 0 Å². The van der Waals surface area contributed by atoms with Gasteiger partial charge in [-0.3, -0.25) is 4.79 Å². The molecule has 0 aliphatic heterocycles. The summed E-state index contributed by atoms with van der Waals surface area (Å²) >= 11 is 0. The average Bonchev–Trinajstić information content (AvgIpc) is 2.18. The summed E-state index contributed by atoms with van der Waals surface area (Å²) in [5.41, 5.74) is -0.913.